The van der Waals surface area contributed by atoms with Crippen LogP contribution in [-0.2, 0) is 11.3 Å². The minimum Gasteiger partial charge on any atom is -0.465 e. The third kappa shape index (κ3) is 2.71. The average molecular weight is 372 g/mol. The van der Waals surface area contributed by atoms with Crippen LogP contribution in [0, 0.1) is 18.8 Å². The minimum atomic E-state index is -0.00984. The maximum Gasteiger partial charge on any atom is 0.252 e. The Bertz CT molecular complexity index is 802. The molecule has 2 aromatic heterocycles. The van der Waals surface area contributed by atoms with Crippen LogP contribution in [0.3, 0.4) is 0 Å². The highest BCUT2D eigenvalue weighted by Crippen LogP contribution is 2.54. The molecule has 2 aromatic rings. The third-order valence-electron chi connectivity index (χ3n) is 6.31. The lowest BCUT2D eigenvalue weighted by Gasteiger charge is -2.29. The van der Waals surface area contributed by atoms with Gasteiger partial charge in [-0.1, -0.05) is 0 Å². The van der Waals surface area contributed by atoms with Crippen LogP contribution >= 0.6 is 11.3 Å². The summed E-state index contributed by atoms with van der Waals surface area (Å²) in [6.45, 7) is 5.53. The summed E-state index contributed by atoms with van der Waals surface area (Å²) in [6, 6.07) is 5.97. The molecule has 5 rings (SSSR count). The van der Waals surface area contributed by atoms with Crippen molar-refractivity contribution < 1.29 is 13.9 Å². The molecule has 1 N–H and O–H groups in total. The van der Waals surface area contributed by atoms with Gasteiger partial charge in [-0.25, -0.2) is 0 Å². The van der Waals surface area contributed by atoms with E-state index in [1.807, 2.05) is 29.8 Å². The number of ether oxygens (including phenoxy) is 1. The Hall–Kier alpha value is -1.63. The summed E-state index contributed by atoms with van der Waals surface area (Å²) in [5.74, 6) is 2.93. The fraction of sp³-hybridized carbons (Fsp3) is 0.550. The predicted molar refractivity (Wildman–Crippen MR) is 99.2 cm³/mol. The fourth-order valence-corrected chi connectivity index (χ4v) is 5.81. The van der Waals surface area contributed by atoms with Crippen LogP contribution in [0.15, 0.2) is 33.4 Å². The van der Waals surface area contributed by atoms with Crippen molar-refractivity contribution in [2.24, 2.45) is 11.8 Å². The van der Waals surface area contributed by atoms with E-state index < -0.39 is 0 Å². The lowest BCUT2D eigenvalue weighted by atomic mass is 9.73. The minimum absolute atomic E-state index is 0.00984. The Kier molecular flexibility index (Phi) is 3.95. The van der Waals surface area contributed by atoms with Gasteiger partial charge >= 0.3 is 0 Å². The SMILES string of the molecule is Cc1ccc(CN2C[C@@H]3[C@H](CNC(=O)c4ccsc4)[C@H]4CC[C@]3(C2)O4)o1. The van der Waals surface area contributed by atoms with E-state index in [-0.39, 0.29) is 11.5 Å². The molecule has 0 aliphatic carbocycles. The van der Waals surface area contributed by atoms with Crippen molar-refractivity contribution in [3.8, 4) is 0 Å². The number of rotatable bonds is 5. The van der Waals surface area contributed by atoms with E-state index in [2.05, 4.69) is 16.3 Å². The molecule has 0 radical (unpaired) electrons. The van der Waals surface area contributed by atoms with Crippen molar-refractivity contribution in [2.45, 2.75) is 38.0 Å². The van der Waals surface area contributed by atoms with E-state index in [0.29, 0.717) is 24.5 Å². The van der Waals surface area contributed by atoms with E-state index in [0.717, 1.165) is 49.6 Å². The highest BCUT2D eigenvalue weighted by atomic mass is 32.1. The van der Waals surface area contributed by atoms with Crippen LogP contribution in [0.25, 0.3) is 0 Å². The monoisotopic (exact) mass is 372 g/mol. The normalized spacial score (nSPS) is 32.9. The van der Waals surface area contributed by atoms with Crippen LogP contribution in [0.4, 0.5) is 0 Å². The number of nitrogens with one attached hydrogen (secondary N) is 1. The van der Waals surface area contributed by atoms with Crippen molar-refractivity contribution in [3.05, 3.63) is 46.0 Å². The smallest absolute Gasteiger partial charge is 0.252 e. The molecular formula is C20H24N2O3S. The number of thiophene rings is 1. The zero-order valence-corrected chi connectivity index (χ0v) is 15.8. The van der Waals surface area contributed by atoms with Crippen LogP contribution in [0.1, 0.15) is 34.7 Å². The largest absolute Gasteiger partial charge is 0.465 e. The Balaban J connectivity index is 1.25. The molecule has 3 fully saturated rings. The molecule has 1 spiro atoms. The van der Waals surface area contributed by atoms with Gasteiger partial charge in [-0.3, -0.25) is 9.69 Å². The molecule has 138 valence electrons. The highest BCUT2D eigenvalue weighted by Gasteiger charge is 2.62. The first-order valence-corrected chi connectivity index (χ1v) is 10.3. The topological polar surface area (TPSA) is 54.7 Å². The summed E-state index contributed by atoms with van der Waals surface area (Å²) in [5.41, 5.74) is 0.749. The summed E-state index contributed by atoms with van der Waals surface area (Å²) in [7, 11) is 0. The Labute approximate surface area is 157 Å². The van der Waals surface area contributed by atoms with Gasteiger partial charge in [0.25, 0.3) is 5.91 Å². The molecule has 3 saturated heterocycles. The molecule has 0 saturated carbocycles. The van der Waals surface area contributed by atoms with E-state index in [1.165, 1.54) is 0 Å². The Morgan fingerprint density at radius 2 is 2.35 bits per heavy atom. The van der Waals surface area contributed by atoms with Gasteiger partial charge in [0.1, 0.15) is 11.5 Å². The van der Waals surface area contributed by atoms with Crippen LogP contribution in [0.2, 0.25) is 0 Å². The first kappa shape index (κ1) is 16.5. The molecular weight excluding hydrogens is 348 g/mol. The van der Waals surface area contributed by atoms with Gasteiger partial charge in [0.05, 0.1) is 18.2 Å². The van der Waals surface area contributed by atoms with Gasteiger partial charge in [0.15, 0.2) is 0 Å². The number of furan rings is 1. The van der Waals surface area contributed by atoms with Crippen molar-refractivity contribution >= 4 is 17.2 Å². The molecule has 5 heterocycles. The number of aryl methyl sites for hydroxylation is 1. The summed E-state index contributed by atoms with van der Waals surface area (Å²) in [4.78, 5) is 14.8. The molecule has 0 aromatic carbocycles. The highest BCUT2D eigenvalue weighted by molar-refractivity contribution is 7.08. The second-order valence-corrected chi connectivity index (χ2v) is 8.71. The van der Waals surface area contributed by atoms with E-state index in [4.69, 9.17) is 9.15 Å². The number of amides is 1. The second-order valence-electron chi connectivity index (χ2n) is 7.93. The van der Waals surface area contributed by atoms with E-state index in [1.54, 1.807) is 11.3 Å². The quantitative estimate of drug-likeness (QED) is 0.876. The molecule has 3 aliphatic heterocycles. The van der Waals surface area contributed by atoms with Gasteiger partial charge in [-0.2, -0.15) is 11.3 Å². The molecule has 4 atom stereocenters. The maximum atomic E-state index is 12.3. The second kappa shape index (κ2) is 6.22. The molecule has 0 unspecified atom stereocenters. The molecule has 1 amide bonds. The standard InChI is InChI=1S/C20H24N2O3S/c1-13-2-3-15(24-13)9-22-10-17-16(18-4-6-20(17,12-22)25-18)8-21-19(23)14-5-7-26-11-14/h2-3,5,7,11,16-18H,4,6,8-10,12H2,1H3,(H,21,23)/t16-,17+,18+,20+/m0/s1. The first-order valence-electron chi connectivity index (χ1n) is 9.39. The number of hydrogen-bond donors (Lipinski definition) is 1. The Morgan fingerprint density at radius 1 is 1.42 bits per heavy atom. The van der Waals surface area contributed by atoms with Crippen LogP contribution in [0.5, 0.6) is 0 Å². The van der Waals surface area contributed by atoms with Crippen molar-refractivity contribution in [1.82, 2.24) is 10.2 Å². The number of carbonyl (C=O) groups excluding carboxylic acids is 1. The summed E-state index contributed by atoms with van der Waals surface area (Å²) in [5, 5.41) is 6.98. The van der Waals surface area contributed by atoms with Crippen LogP contribution < -0.4 is 5.32 Å². The number of fused-ring (bicyclic) bond motifs is 1. The van der Waals surface area contributed by atoms with Gasteiger partial charge in [-0.05, 0) is 43.3 Å². The lowest BCUT2D eigenvalue weighted by Crippen LogP contribution is -2.41. The van der Waals surface area contributed by atoms with Crippen LogP contribution in [-0.4, -0.2) is 42.1 Å². The van der Waals surface area contributed by atoms with E-state index in [9.17, 15) is 4.79 Å². The summed E-state index contributed by atoms with van der Waals surface area (Å²) in [6.07, 6.45) is 2.56. The first-order chi connectivity index (χ1) is 12.6. The van der Waals surface area contributed by atoms with Gasteiger partial charge in [0, 0.05) is 42.4 Å². The number of carbonyl (C=O) groups is 1. The van der Waals surface area contributed by atoms with Crippen molar-refractivity contribution in [2.75, 3.05) is 19.6 Å². The van der Waals surface area contributed by atoms with Crippen molar-refractivity contribution in [3.63, 3.8) is 0 Å². The van der Waals surface area contributed by atoms with Crippen molar-refractivity contribution in [1.29, 1.82) is 0 Å². The zero-order chi connectivity index (χ0) is 17.7. The zero-order valence-electron chi connectivity index (χ0n) is 14.9. The lowest BCUT2D eigenvalue weighted by molar-refractivity contribution is 0.00166. The average Bonchev–Trinajstić information content (AvgIpc) is 3.40. The maximum absolute atomic E-state index is 12.3. The summed E-state index contributed by atoms with van der Waals surface area (Å²) < 4.78 is 12.2. The number of hydrogen-bond acceptors (Lipinski definition) is 5. The Morgan fingerprint density at radius 3 is 3.12 bits per heavy atom. The van der Waals surface area contributed by atoms with Gasteiger partial charge < -0.3 is 14.5 Å². The number of nitrogens with zero attached hydrogens (tertiary/aromatic N) is 1. The van der Waals surface area contributed by atoms with E-state index >= 15 is 0 Å². The predicted octanol–water partition coefficient (Wildman–Crippen LogP) is 3.06. The molecule has 6 heteroatoms. The molecule has 26 heavy (non-hydrogen) atoms. The molecule has 5 nitrogen and oxygen atoms in total. The third-order valence-corrected chi connectivity index (χ3v) is 6.99. The molecule has 3 aliphatic rings. The number of likely N-dealkylation sites (tertiary alicyclic amines) is 1. The van der Waals surface area contributed by atoms with Gasteiger partial charge in [0.2, 0.25) is 0 Å². The van der Waals surface area contributed by atoms with Gasteiger partial charge in [-0.15, -0.1) is 0 Å². The molecule has 2 bridgehead atoms. The summed E-state index contributed by atoms with van der Waals surface area (Å²) >= 11 is 1.55. The fourth-order valence-electron chi connectivity index (χ4n) is 5.18.